The number of hydrogen-bond acceptors (Lipinski definition) is 3. The van der Waals surface area contributed by atoms with Crippen molar-refractivity contribution in [2.24, 2.45) is 17.8 Å². The fourth-order valence-electron chi connectivity index (χ4n) is 2.71. The lowest BCUT2D eigenvalue weighted by Crippen LogP contribution is -2.42. The lowest BCUT2D eigenvalue weighted by molar-refractivity contribution is -0.151. The van der Waals surface area contributed by atoms with Crippen LogP contribution in [0.3, 0.4) is 0 Å². The van der Waals surface area contributed by atoms with Crippen LogP contribution in [0.15, 0.2) is 0 Å². The van der Waals surface area contributed by atoms with Gasteiger partial charge in [0, 0.05) is 5.92 Å². The van der Waals surface area contributed by atoms with Crippen LogP contribution >= 0.6 is 0 Å². The quantitative estimate of drug-likeness (QED) is 0.708. The predicted molar refractivity (Wildman–Crippen MR) is 56.2 cm³/mol. The monoisotopic (exact) mass is 241 g/mol. The number of carboxylic acids is 2. The van der Waals surface area contributed by atoms with Gasteiger partial charge in [0.05, 0.1) is 0 Å². The van der Waals surface area contributed by atoms with Crippen LogP contribution in [0.5, 0.6) is 0 Å². The Balaban J connectivity index is 1.95. The number of carbonyl (C=O) groups excluding carboxylic acids is 1. The van der Waals surface area contributed by atoms with E-state index in [9.17, 15) is 14.4 Å². The van der Waals surface area contributed by atoms with Crippen LogP contribution in [0.2, 0.25) is 0 Å². The van der Waals surface area contributed by atoms with Crippen molar-refractivity contribution < 1.29 is 24.6 Å². The number of hydrogen-bond donors (Lipinski definition) is 2. The third kappa shape index (κ3) is 2.75. The Morgan fingerprint density at radius 1 is 0.941 bits per heavy atom. The Labute approximate surface area is 98.2 Å². The largest absolute Gasteiger partial charge is 0.480 e. The first-order chi connectivity index (χ1) is 7.97. The fraction of sp³-hybridized carbons (Fsp3) is 0.727. The highest BCUT2D eigenvalue weighted by molar-refractivity contribution is 5.86. The summed E-state index contributed by atoms with van der Waals surface area (Å²) in [4.78, 5) is 34.1. The first-order valence-corrected chi connectivity index (χ1v) is 5.69. The van der Waals surface area contributed by atoms with Crippen molar-refractivity contribution >= 4 is 17.8 Å². The summed E-state index contributed by atoms with van der Waals surface area (Å²) < 4.78 is 0. The normalized spacial score (nSPS) is 29.5. The van der Waals surface area contributed by atoms with Crippen LogP contribution in [-0.2, 0) is 14.4 Å². The van der Waals surface area contributed by atoms with E-state index in [1.54, 1.807) is 0 Å². The van der Waals surface area contributed by atoms with Crippen LogP contribution in [0.4, 0.5) is 0 Å². The number of carbonyl (C=O) groups is 3. The number of fused-ring (bicyclic) bond motifs is 1. The lowest BCUT2D eigenvalue weighted by atomic mass is 10.0. The Morgan fingerprint density at radius 3 is 1.82 bits per heavy atom. The van der Waals surface area contributed by atoms with E-state index in [0.29, 0.717) is 11.8 Å². The van der Waals surface area contributed by atoms with Gasteiger partial charge in [0.25, 0.3) is 0 Å². The fourth-order valence-corrected chi connectivity index (χ4v) is 2.71. The van der Waals surface area contributed by atoms with Gasteiger partial charge in [-0.15, -0.1) is 0 Å². The van der Waals surface area contributed by atoms with E-state index in [2.05, 4.69) is 0 Å². The van der Waals surface area contributed by atoms with Crippen LogP contribution in [0.25, 0.3) is 0 Å². The van der Waals surface area contributed by atoms with Crippen molar-refractivity contribution in [2.45, 2.75) is 19.3 Å². The number of amides is 1. The Morgan fingerprint density at radius 2 is 1.41 bits per heavy atom. The van der Waals surface area contributed by atoms with Crippen molar-refractivity contribution in [3.8, 4) is 0 Å². The van der Waals surface area contributed by atoms with Crippen molar-refractivity contribution in [1.29, 1.82) is 0 Å². The molecule has 2 rings (SSSR count). The number of rotatable bonds is 5. The van der Waals surface area contributed by atoms with E-state index in [4.69, 9.17) is 10.2 Å². The van der Waals surface area contributed by atoms with E-state index in [-0.39, 0.29) is 11.8 Å². The molecule has 0 heterocycles. The van der Waals surface area contributed by atoms with Gasteiger partial charge in [-0.1, -0.05) is 0 Å². The van der Waals surface area contributed by atoms with Crippen molar-refractivity contribution in [3.05, 3.63) is 0 Å². The molecule has 0 spiro atoms. The minimum Gasteiger partial charge on any atom is -0.480 e. The second-order valence-electron chi connectivity index (χ2n) is 4.91. The first kappa shape index (κ1) is 11.9. The molecule has 0 saturated heterocycles. The molecule has 2 aliphatic carbocycles. The Kier molecular flexibility index (Phi) is 3.04. The van der Waals surface area contributed by atoms with Gasteiger partial charge in [-0.05, 0) is 31.1 Å². The van der Waals surface area contributed by atoms with Gasteiger partial charge in [0.1, 0.15) is 13.1 Å². The zero-order chi connectivity index (χ0) is 12.6. The summed E-state index contributed by atoms with van der Waals surface area (Å²) in [6.07, 6.45) is 2.75. The summed E-state index contributed by atoms with van der Waals surface area (Å²) in [6, 6.07) is 0. The minimum absolute atomic E-state index is 0.169. The molecular weight excluding hydrogens is 226 g/mol. The van der Waals surface area contributed by atoms with Crippen molar-refractivity contribution in [3.63, 3.8) is 0 Å². The molecule has 2 N–H and O–H groups in total. The molecule has 6 heteroatoms. The molecule has 0 radical (unpaired) electrons. The predicted octanol–water partition coefficient (Wildman–Crippen LogP) is 0.0303. The van der Waals surface area contributed by atoms with E-state index in [1.807, 2.05) is 0 Å². The van der Waals surface area contributed by atoms with Crippen molar-refractivity contribution in [2.75, 3.05) is 13.1 Å². The van der Waals surface area contributed by atoms with E-state index in [0.717, 1.165) is 17.7 Å². The van der Waals surface area contributed by atoms with Gasteiger partial charge < -0.3 is 15.1 Å². The average molecular weight is 241 g/mol. The molecular formula is C11H15NO5. The molecule has 0 aromatic rings. The van der Waals surface area contributed by atoms with Gasteiger partial charge in [0.15, 0.2) is 0 Å². The summed E-state index contributed by atoms with van der Waals surface area (Å²) in [6.45, 7) is -1.06. The molecule has 0 aromatic carbocycles. The lowest BCUT2D eigenvalue weighted by Gasteiger charge is -2.22. The molecule has 0 aliphatic heterocycles. The molecule has 17 heavy (non-hydrogen) atoms. The second kappa shape index (κ2) is 4.35. The SMILES string of the molecule is O=C(O)CN(CC(=O)O)C(=O)C1CC2CC2C1. The van der Waals surface area contributed by atoms with E-state index >= 15 is 0 Å². The standard InChI is InChI=1S/C11H15NO5/c13-9(14)4-12(5-10(15)16)11(17)8-2-6-1-7(6)3-8/h6-8H,1-5H2,(H,13,14)(H,15,16). The maximum absolute atomic E-state index is 12.0. The molecule has 0 aromatic heterocycles. The van der Waals surface area contributed by atoms with Gasteiger partial charge in [-0.2, -0.15) is 0 Å². The van der Waals surface area contributed by atoms with E-state index in [1.165, 1.54) is 6.42 Å². The zero-order valence-electron chi connectivity index (χ0n) is 9.33. The molecule has 2 unspecified atom stereocenters. The Bertz CT molecular complexity index is 341. The molecule has 0 bridgehead atoms. The second-order valence-corrected chi connectivity index (χ2v) is 4.91. The van der Waals surface area contributed by atoms with Gasteiger partial charge in [-0.3, -0.25) is 14.4 Å². The molecule has 2 aliphatic rings. The summed E-state index contributed by atoms with van der Waals surface area (Å²) in [5, 5.41) is 17.3. The maximum atomic E-state index is 12.0. The third-order valence-electron chi connectivity index (χ3n) is 3.56. The maximum Gasteiger partial charge on any atom is 0.323 e. The number of nitrogens with zero attached hydrogens (tertiary/aromatic N) is 1. The minimum atomic E-state index is -1.18. The molecule has 2 atom stereocenters. The van der Waals surface area contributed by atoms with Crippen molar-refractivity contribution in [1.82, 2.24) is 4.90 Å². The van der Waals surface area contributed by atoms with Gasteiger partial charge >= 0.3 is 11.9 Å². The number of carboxylic acid groups (broad SMARTS) is 2. The highest BCUT2D eigenvalue weighted by atomic mass is 16.4. The molecule has 1 amide bonds. The molecule has 6 nitrogen and oxygen atoms in total. The average Bonchev–Trinajstić information content (AvgIpc) is 2.82. The summed E-state index contributed by atoms with van der Waals surface area (Å²) >= 11 is 0. The van der Waals surface area contributed by atoms with E-state index < -0.39 is 25.0 Å². The summed E-state index contributed by atoms with van der Waals surface area (Å²) in [5.74, 6) is -1.62. The molecule has 2 saturated carbocycles. The molecule has 94 valence electrons. The highest BCUT2D eigenvalue weighted by Gasteiger charge is 2.49. The van der Waals surface area contributed by atoms with Crippen LogP contribution in [0.1, 0.15) is 19.3 Å². The van der Waals surface area contributed by atoms with Crippen LogP contribution < -0.4 is 0 Å². The van der Waals surface area contributed by atoms with Crippen LogP contribution in [0, 0.1) is 17.8 Å². The first-order valence-electron chi connectivity index (χ1n) is 5.69. The number of aliphatic carboxylic acids is 2. The topological polar surface area (TPSA) is 94.9 Å². The zero-order valence-corrected chi connectivity index (χ0v) is 9.33. The molecule has 2 fully saturated rings. The Hall–Kier alpha value is -1.59. The van der Waals surface area contributed by atoms with Crippen LogP contribution in [-0.4, -0.2) is 46.0 Å². The summed E-state index contributed by atoms with van der Waals surface area (Å²) in [7, 11) is 0. The van der Waals surface area contributed by atoms with Gasteiger partial charge in [-0.25, -0.2) is 0 Å². The highest BCUT2D eigenvalue weighted by Crippen LogP contribution is 2.54. The summed E-state index contributed by atoms with van der Waals surface area (Å²) in [5.41, 5.74) is 0. The third-order valence-corrected chi connectivity index (χ3v) is 3.56. The smallest absolute Gasteiger partial charge is 0.323 e. The van der Waals surface area contributed by atoms with Gasteiger partial charge in [0.2, 0.25) is 5.91 Å².